The van der Waals surface area contributed by atoms with Crippen molar-refractivity contribution in [3.63, 3.8) is 0 Å². The van der Waals surface area contributed by atoms with Gasteiger partial charge in [0.15, 0.2) is 11.6 Å². The van der Waals surface area contributed by atoms with Gasteiger partial charge in [0.2, 0.25) is 0 Å². The third kappa shape index (κ3) is 2.24. The molecule has 1 aliphatic rings. The summed E-state index contributed by atoms with van der Waals surface area (Å²) in [5.74, 6) is -1.11. The van der Waals surface area contributed by atoms with Crippen molar-refractivity contribution < 1.29 is 13.9 Å². The van der Waals surface area contributed by atoms with E-state index in [2.05, 4.69) is 0 Å². The number of hydrogen-bond donors (Lipinski definition) is 1. The second kappa shape index (κ2) is 4.13. The highest BCUT2D eigenvalue weighted by Gasteiger charge is 2.40. The molecule has 1 aromatic carbocycles. The first-order chi connectivity index (χ1) is 7.55. The van der Waals surface area contributed by atoms with E-state index in [-0.39, 0.29) is 12.0 Å². The Kier molecular flexibility index (Phi) is 2.98. The maximum Gasteiger partial charge on any atom is 0.159 e. The van der Waals surface area contributed by atoms with Crippen LogP contribution in [0.25, 0.3) is 0 Å². The third-order valence-corrected chi connectivity index (χ3v) is 3.52. The van der Waals surface area contributed by atoms with Gasteiger partial charge in [0, 0.05) is 6.61 Å². The maximum atomic E-state index is 13.0. The number of halogens is 2. The average Bonchev–Trinajstić information content (AvgIpc) is 3.07. The minimum Gasteiger partial charge on any atom is -0.396 e. The summed E-state index contributed by atoms with van der Waals surface area (Å²) in [6, 6.07) is 3.97. The van der Waals surface area contributed by atoms with Crippen LogP contribution >= 0.6 is 0 Å². The number of benzene rings is 1. The van der Waals surface area contributed by atoms with Gasteiger partial charge in [-0.25, -0.2) is 8.78 Å². The summed E-state index contributed by atoms with van der Waals surface area (Å²) in [7, 11) is 0. The van der Waals surface area contributed by atoms with Gasteiger partial charge in [0.05, 0.1) is 0 Å². The van der Waals surface area contributed by atoms with E-state index < -0.39 is 11.6 Å². The number of aliphatic hydroxyl groups is 1. The molecule has 1 aliphatic carbocycles. The van der Waals surface area contributed by atoms with E-state index in [0.29, 0.717) is 12.3 Å². The fourth-order valence-electron chi connectivity index (χ4n) is 2.23. The highest BCUT2D eigenvalue weighted by Crippen LogP contribution is 2.47. The Morgan fingerprint density at radius 2 is 2.00 bits per heavy atom. The average molecular weight is 226 g/mol. The summed E-state index contributed by atoms with van der Waals surface area (Å²) in [4.78, 5) is 0. The smallest absolute Gasteiger partial charge is 0.159 e. The monoisotopic (exact) mass is 226 g/mol. The molecule has 0 saturated heterocycles. The van der Waals surface area contributed by atoms with E-state index >= 15 is 0 Å². The molecule has 0 spiro atoms. The van der Waals surface area contributed by atoms with Crippen LogP contribution in [-0.4, -0.2) is 11.7 Å². The first-order valence-corrected chi connectivity index (χ1v) is 5.60. The zero-order chi connectivity index (χ0) is 11.8. The summed E-state index contributed by atoms with van der Waals surface area (Å²) in [5, 5.41) is 9.41. The van der Waals surface area contributed by atoms with Crippen molar-refractivity contribution in [2.24, 2.45) is 11.3 Å². The van der Waals surface area contributed by atoms with E-state index in [1.54, 1.807) is 6.07 Å². The van der Waals surface area contributed by atoms with Crippen molar-refractivity contribution in [3.8, 4) is 0 Å². The first kappa shape index (κ1) is 11.5. The van der Waals surface area contributed by atoms with Crippen molar-refractivity contribution in [2.75, 3.05) is 6.61 Å². The van der Waals surface area contributed by atoms with Crippen LogP contribution in [0.4, 0.5) is 8.78 Å². The molecule has 1 saturated carbocycles. The molecule has 88 valence electrons. The molecular formula is C13H16F2O. The molecule has 1 unspecified atom stereocenters. The van der Waals surface area contributed by atoms with E-state index in [1.807, 2.05) is 6.92 Å². The van der Waals surface area contributed by atoms with E-state index in [1.165, 1.54) is 6.07 Å². The lowest BCUT2D eigenvalue weighted by molar-refractivity contribution is 0.119. The zero-order valence-corrected chi connectivity index (χ0v) is 9.34. The van der Waals surface area contributed by atoms with Crippen LogP contribution in [-0.2, 0) is 6.42 Å². The van der Waals surface area contributed by atoms with Crippen molar-refractivity contribution in [1.82, 2.24) is 0 Å². The largest absolute Gasteiger partial charge is 0.396 e. The van der Waals surface area contributed by atoms with Crippen LogP contribution in [0.2, 0.25) is 0 Å². The molecule has 1 aromatic rings. The number of aliphatic hydroxyl groups excluding tert-OH is 1. The van der Waals surface area contributed by atoms with E-state index in [4.69, 9.17) is 0 Å². The summed E-state index contributed by atoms with van der Waals surface area (Å²) in [6.45, 7) is 2.10. The molecule has 1 nitrogen and oxygen atoms in total. The summed E-state index contributed by atoms with van der Waals surface area (Å²) in [5.41, 5.74) is 0.562. The van der Waals surface area contributed by atoms with Crippen LogP contribution in [0.15, 0.2) is 18.2 Å². The lowest BCUT2D eigenvalue weighted by Crippen LogP contribution is -2.26. The Morgan fingerprint density at radius 1 is 1.31 bits per heavy atom. The van der Waals surface area contributed by atoms with Crippen LogP contribution in [0.5, 0.6) is 0 Å². The fourth-order valence-corrected chi connectivity index (χ4v) is 2.23. The SMILES string of the molecule is CC(CO)(Cc1ccc(F)c(F)c1)C1CC1. The van der Waals surface area contributed by atoms with Crippen molar-refractivity contribution in [1.29, 1.82) is 0 Å². The van der Waals surface area contributed by atoms with Crippen LogP contribution in [0.3, 0.4) is 0 Å². The number of rotatable bonds is 4. The molecule has 0 aliphatic heterocycles. The molecule has 0 heterocycles. The fraction of sp³-hybridized carbons (Fsp3) is 0.538. The minimum absolute atomic E-state index is 0.0939. The van der Waals surface area contributed by atoms with Gasteiger partial charge in [-0.3, -0.25) is 0 Å². The lowest BCUT2D eigenvalue weighted by Gasteiger charge is -2.27. The van der Waals surface area contributed by atoms with Gasteiger partial charge in [-0.05, 0) is 48.3 Å². The molecule has 2 rings (SSSR count). The third-order valence-electron chi connectivity index (χ3n) is 3.52. The highest BCUT2D eigenvalue weighted by atomic mass is 19.2. The Labute approximate surface area is 94.1 Å². The second-order valence-corrected chi connectivity index (χ2v) is 5.01. The molecule has 0 aromatic heterocycles. The second-order valence-electron chi connectivity index (χ2n) is 5.01. The number of hydrogen-bond acceptors (Lipinski definition) is 1. The predicted octanol–water partition coefficient (Wildman–Crippen LogP) is 2.92. The van der Waals surface area contributed by atoms with Gasteiger partial charge in [0.1, 0.15) is 0 Å². The lowest BCUT2D eigenvalue weighted by atomic mass is 9.80. The predicted molar refractivity (Wildman–Crippen MR) is 58.0 cm³/mol. The normalized spacial score (nSPS) is 19.5. The van der Waals surface area contributed by atoms with Gasteiger partial charge in [-0.15, -0.1) is 0 Å². The standard InChI is InChI=1S/C13H16F2O/c1-13(8-16,10-3-4-10)7-9-2-5-11(14)12(15)6-9/h2,5-6,10,16H,3-4,7-8H2,1H3. The molecule has 0 bridgehead atoms. The van der Waals surface area contributed by atoms with E-state index in [0.717, 1.165) is 24.5 Å². The Hall–Kier alpha value is -0.960. The maximum absolute atomic E-state index is 13.0. The highest BCUT2D eigenvalue weighted by molar-refractivity contribution is 5.20. The zero-order valence-electron chi connectivity index (χ0n) is 9.34. The molecule has 3 heteroatoms. The molecule has 16 heavy (non-hydrogen) atoms. The van der Waals surface area contributed by atoms with Gasteiger partial charge >= 0.3 is 0 Å². The van der Waals surface area contributed by atoms with E-state index in [9.17, 15) is 13.9 Å². The van der Waals surface area contributed by atoms with Crippen molar-refractivity contribution in [2.45, 2.75) is 26.2 Å². The van der Waals surface area contributed by atoms with Crippen molar-refractivity contribution in [3.05, 3.63) is 35.4 Å². The van der Waals surface area contributed by atoms with Gasteiger partial charge in [-0.2, -0.15) is 0 Å². The molecule has 0 radical (unpaired) electrons. The molecular weight excluding hydrogens is 210 g/mol. The molecule has 1 fully saturated rings. The quantitative estimate of drug-likeness (QED) is 0.837. The summed E-state index contributed by atoms with van der Waals surface area (Å²) in [6.07, 6.45) is 2.85. The minimum atomic E-state index is -0.819. The van der Waals surface area contributed by atoms with Crippen molar-refractivity contribution >= 4 is 0 Å². The topological polar surface area (TPSA) is 20.2 Å². The van der Waals surface area contributed by atoms with Crippen LogP contribution in [0, 0.1) is 23.0 Å². The Balaban J connectivity index is 2.15. The summed E-state index contributed by atoms with van der Waals surface area (Å²) < 4.78 is 25.8. The van der Waals surface area contributed by atoms with Gasteiger partial charge < -0.3 is 5.11 Å². The molecule has 0 amide bonds. The molecule has 1 atom stereocenters. The van der Waals surface area contributed by atoms with Crippen LogP contribution in [0.1, 0.15) is 25.3 Å². The molecule has 1 N–H and O–H groups in total. The van der Waals surface area contributed by atoms with Gasteiger partial charge in [0.25, 0.3) is 0 Å². The first-order valence-electron chi connectivity index (χ1n) is 5.60. The Bertz CT molecular complexity index is 388. The van der Waals surface area contributed by atoms with Crippen LogP contribution < -0.4 is 0 Å². The Morgan fingerprint density at radius 3 is 2.50 bits per heavy atom. The summed E-state index contributed by atoms with van der Waals surface area (Å²) >= 11 is 0. The van der Waals surface area contributed by atoms with Gasteiger partial charge in [-0.1, -0.05) is 13.0 Å².